The zero-order valence-electron chi connectivity index (χ0n) is 12.8. The van der Waals surface area contributed by atoms with Gasteiger partial charge >= 0.3 is 0 Å². The van der Waals surface area contributed by atoms with Crippen molar-refractivity contribution in [1.82, 2.24) is 10.2 Å². The van der Waals surface area contributed by atoms with E-state index in [2.05, 4.69) is 40.5 Å². The summed E-state index contributed by atoms with van der Waals surface area (Å²) < 4.78 is 0. The smallest absolute Gasteiger partial charge is 0.0715 e. The first-order valence-corrected chi connectivity index (χ1v) is 7.75. The molecule has 0 saturated carbocycles. The van der Waals surface area contributed by atoms with E-state index in [-0.39, 0.29) is 0 Å². The van der Waals surface area contributed by atoms with Gasteiger partial charge in [-0.25, -0.2) is 0 Å². The summed E-state index contributed by atoms with van der Waals surface area (Å²) in [5, 5.41) is 13.2. The second-order valence-corrected chi connectivity index (χ2v) is 6.54. The average Bonchev–Trinajstić information content (AvgIpc) is 2.44. The van der Waals surface area contributed by atoms with Crippen molar-refractivity contribution in [3.63, 3.8) is 0 Å². The van der Waals surface area contributed by atoms with Crippen LogP contribution >= 0.6 is 0 Å². The van der Waals surface area contributed by atoms with Gasteiger partial charge in [-0.1, -0.05) is 30.3 Å². The maximum absolute atomic E-state index is 9.74. The van der Waals surface area contributed by atoms with Gasteiger partial charge < -0.3 is 15.3 Å². The van der Waals surface area contributed by atoms with Crippen LogP contribution in [0.15, 0.2) is 30.3 Å². The summed E-state index contributed by atoms with van der Waals surface area (Å²) in [4.78, 5) is 2.55. The van der Waals surface area contributed by atoms with Crippen molar-refractivity contribution >= 4 is 0 Å². The van der Waals surface area contributed by atoms with Gasteiger partial charge in [0.15, 0.2) is 0 Å². The molecule has 1 fully saturated rings. The van der Waals surface area contributed by atoms with E-state index in [9.17, 15) is 5.11 Å². The fraction of sp³-hybridized carbons (Fsp3) is 0.647. The molecule has 0 radical (unpaired) electrons. The summed E-state index contributed by atoms with van der Waals surface area (Å²) in [6.45, 7) is 7.88. The topological polar surface area (TPSA) is 35.5 Å². The molecule has 0 spiro atoms. The third kappa shape index (κ3) is 5.61. The van der Waals surface area contributed by atoms with Crippen LogP contribution in [0.5, 0.6) is 0 Å². The number of piperidine rings is 1. The Balaban J connectivity index is 1.64. The molecule has 2 rings (SSSR count). The zero-order chi connectivity index (χ0) is 14.4. The highest BCUT2D eigenvalue weighted by atomic mass is 16.3. The minimum Gasteiger partial charge on any atom is -0.389 e. The molecule has 1 saturated heterocycles. The number of rotatable bonds is 6. The molecule has 0 bridgehead atoms. The Labute approximate surface area is 123 Å². The molecule has 2 N–H and O–H groups in total. The molecular weight excluding hydrogens is 248 g/mol. The number of aliphatic hydroxyl groups is 1. The predicted molar refractivity (Wildman–Crippen MR) is 83.9 cm³/mol. The van der Waals surface area contributed by atoms with Crippen molar-refractivity contribution in [2.24, 2.45) is 0 Å². The van der Waals surface area contributed by atoms with Gasteiger partial charge in [0.1, 0.15) is 0 Å². The monoisotopic (exact) mass is 276 g/mol. The Morgan fingerprint density at radius 3 is 2.45 bits per heavy atom. The Bertz CT molecular complexity index is 378. The molecule has 0 amide bonds. The minimum atomic E-state index is -0.607. The molecule has 20 heavy (non-hydrogen) atoms. The van der Waals surface area contributed by atoms with E-state index in [4.69, 9.17) is 0 Å². The highest BCUT2D eigenvalue weighted by Crippen LogP contribution is 2.12. The molecule has 0 aliphatic carbocycles. The SMILES string of the molecule is CC(C)(O)CNC1CCN(CCc2ccccc2)CC1. The van der Waals surface area contributed by atoms with Crippen molar-refractivity contribution < 1.29 is 5.11 Å². The summed E-state index contributed by atoms with van der Waals surface area (Å²) in [5.41, 5.74) is 0.819. The van der Waals surface area contributed by atoms with Gasteiger partial charge in [0.25, 0.3) is 0 Å². The molecule has 1 aromatic carbocycles. The first kappa shape index (κ1) is 15.5. The highest BCUT2D eigenvalue weighted by molar-refractivity contribution is 5.14. The summed E-state index contributed by atoms with van der Waals surface area (Å²) in [5.74, 6) is 0. The summed E-state index contributed by atoms with van der Waals surface area (Å²) in [7, 11) is 0. The lowest BCUT2D eigenvalue weighted by Crippen LogP contribution is -2.47. The van der Waals surface area contributed by atoms with E-state index in [1.54, 1.807) is 0 Å². The quantitative estimate of drug-likeness (QED) is 0.835. The molecule has 1 heterocycles. The number of nitrogens with one attached hydrogen (secondary N) is 1. The van der Waals surface area contributed by atoms with E-state index < -0.39 is 5.60 Å². The Hall–Kier alpha value is -0.900. The predicted octanol–water partition coefficient (Wildman–Crippen LogP) is 2.05. The van der Waals surface area contributed by atoms with Crippen molar-refractivity contribution in [3.05, 3.63) is 35.9 Å². The molecule has 1 aliphatic heterocycles. The maximum Gasteiger partial charge on any atom is 0.0715 e. The van der Waals surface area contributed by atoms with Gasteiger partial charge in [-0.15, -0.1) is 0 Å². The highest BCUT2D eigenvalue weighted by Gasteiger charge is 2.21. The third-order valence-corrected chi connectivity index (χ3v) is 3.97. The van der Waals surface area contributed by atoms with E-state index in [0.29, 0.717) is 12.6 Å². The van der Waals surface area contributed by atoms with E-state index >= 15 is 0 Å². The number of hydrogen-bond donors (Lipinski definition) is 2. The van der Waals surface area contributed by atoms with Crippen LogP contribution in [0.1, 0.15) is 32.3 Å². The molecule has 3 nitrogen and oxygen atoms in total. The van der Waals surface area contributed by atoms with E-state index in [1.165, 1.54) is 18.4 Å². The van der Waals surface area contributed by atoms with Crippen LogP contribution in [0, 0.1) is 0 Å². The van der Waals surface area contributed by atoms with Gasteiger partial charge in [-0.2, -0.15) is 0 Å². The van der Waals surface area contributed by atoms with Crippen LogP contribution in [0.2, 0.25) is 0 Å². The standard InChI is InChI=1S/C17H28N2O/c1-17(2,20)14-18-16-9-12-19(13-10-16)11-8-15-6-4-3-5-7-15/h3-7,16,18,20H,8-14H2,1-2H3. The third-order valence-electron chi connectivity index (χ3n) is 3.97. The first-order chi connectivity index (χ1) is 9.53. The molecular formula is C17H28N2O. The van der Waals surface area contributed by atoms with E-state index in [1.807, 2.05) is 13.8 Å². The van der Waals surface area contributed by atoms with Crippen LogP contribution in [-0.4, -0.2) is 47.8 Å². The van der Waals surface area contributed by atoms with Crippen molar-refractivity contribution in [3.8, 4) is 0 Å². The van der Waals surface area contributed by atoms with Crippen LogP contribution in [0.4, 0.5) is 0 Å². The number of hydrogen-bond acceptors (Lipinski definition) is 3. The lowest BCUT2D eigenvalue weighted by atomic mass is 10.0. The molecule has 112 valence electrons. The zero-order valence-corrected chi connectivity index (χ0v) is 12.8. The largest absolute Gasteiger partial charge is 0.389 e. The van der Waals surface area contributed by atoms with Gasteiger partial charge in [0.2, 0.25) is 0 Å². The Morgan fingerprint density at radius 1 is 1.20 bits per heavy atom. The number of nitrogens with zero attached hydrogens (tertiary/aromatic N) is 1. The summed E-state index contributed by atoms with van der Waals surface area (Å²) in [6, 6.07) is 11.3. The number of benzene rings is 1. The Morgan fingerprint density at radius 2 is 1.85 bits per heavy atom. The number of likely N-dealkylation sites (tertiary alicyclic amines) is 1. The van der Waals surface area contributed by atoms with Crippen LogP contribution in [0.25, 0.3) is 0 Å². The van der Waals surface area contributed by atoms with Gasteiger partial charge in [0.05, 0.1) is 5.60 Å². The molecule has 3 heteroatoms. The summed E-state index contributed by atoms with van der Waals surface area (Å²) in [6.07, 6.45) is 3.51. The fourth-order valence-electron chi connectivity index (χ4n) is 2.69. The maximum atomic E-state index is 9.74. The second-order valence-electron chi connectivity index (χ2n) is 6.54. The van der Waals surface area contributed by atoms with Crippen molar-refractivity contribution in [1.29, 1.82) is 0 Å². The average molecular weight is 276 g/mol. The van der Waals surface area contributed by atoms with Crippen molar-refractivity contribution in [2.45, 2.75) is 44.8 Å². The molecule has 1 aliphatic rings. The lowest BCUT2D eigenvalue weighted by molar-refractivity contribution is 0.0718. The molecule has 0 unspecified atom stereocenters. The molecule has 0 atom stereocenters. The van der Waals surface area contributed by atoms with Crippen LogP contribution < -0.4 is 5.32 Å². The van der Waals surface area contributed by atoms with Gasteiger partial charge in [-0.05, 0) is 51.8 Å². The Kier molecular flexibility index (Phi) is 5.58. The first-order valence-electron chi connectivity index (χ1n) is 7.75. The van der Waals surface area contributed by atoms with Gasteiger partial charge in [-0.3, -0.25) is 0 Å². The van der Waals surface area contributed by atoms with Crippen LogP contribution in [-0.2, 0) is 6.42 Å². The van der Waals surface area contributed by atoms with E-state index in [0.717, 1.165) is 26.1 Å². The minimum absolute atomic E-state index is 0.564. The second kappa shape index (κ2) is 7.21. The molecule has 0 aromatic heterocycles. The van der Waals surface area contributed by atoms with Gasteiger partial charge in [0, 0.05) is 19.1 Å². The lowest BCUT2D eigenvalue weighted by Gasteiger charge is -2.33. The fourth-order valence-corrected chi connectivity index (χ4v) is 2.69. The van der Waals surface area contributed by atoms with Crippen molar-refractivity contribution in [2.75, 3.05) is 26.2 Å². The normalized spacial score (nSPS) is 18.4. The molecule has 1 aromatic rings. The summed E-state index contributed by atoms with van der Waals surface area (Å²) >= 11 is 0. The van der Waals surface area contributed by atoms with Crippen LogP contribution in [0.3, 0.4) is 0 Å².